The zero-order valence-corrected chi connectivity index (χ0v) is 13.5. The molecule has 0 amide bonds. The first-order chi connectivity index (χ1) is 10.3. The van der Waals surface area contributed by atoms with Crippen LogP contribution in [-0.4, -0.2) is 30.4 Å². The maximum absolute atomic E-state index is 11.3. The molecule has 120 valence electrons. The number of carbonyl (C=O) groups excluding carboxylic acids is 1. The van der Waals surface area contributed by atoms with E-state index in [0.29, 0.717) is 11.3 Å². The normalized spacial score (nSPS) is 11.6. The van der Waals surface area contributed by atoms with Gasteiger partial charge < -0.3 is 14.6 Å². The Morgan fingerprint density at radius 1 is 1.27 bits per heavy atom. The number of benzene rings is 1. The van der Waals surface area contributed by atoms with Crippen LogP contribution in [0, 0.1) is 6.92 Å². The fourth-order valence-corrected chi connectivity index (χ4v) is 1.84. The van der Waals surface area contributed by atoms with E-state index < -0.39 is 12.1 Å². The lowest BCUT2D eigenvalue weighted by Crippen LogP contribution is -2.25. The fourth-order valence-electron chi connectivity index (χ4n) is 1.84. The first kappa shape index (κ1) is 18.0. The Kier molecular flexibility index (Phi) is 6.86. The fraction of sp³-hybridized carbons (Fsp3) is 0.389. The number of carbonyl (C=O) groups is 1. The molecule has 0 aliphatic heterocycles. The van der Waals surface area contributed by atoms with Gasteiger partial charge in [-0.2, -0.15) is 0 Å². The van der Waals surface area contributed by atoms with Gasteiger partial charge in [0, 0.05) is 5.57 Å². The highest BCUT2D eigenvalue weighted by Crippen LogP contribution is 2.22. The van der Waals surface area contributed by atoms with Crippen molar-refractivity contribution in [1.82, 2.24) is 0 Å². The van der Waals surface area contributed by atoms with Gasteiger partial charge in [-0.05, 0) is 38.8 Å². The molecule has 0 saturated heterocycles. The molecule has 4 nitrogen and oxygen atoms in total. The van der Waals surface area contributed by atoms with Crippen molar-refractivity contribution in [2.24, 2.45) is 0 Å². The van der Waals surface area contributed by atoms with Crippen LogP contribution in [0.15, 0.2) is 42.5 Å². The summed E-state index contributed by atoms with van der Waals surface area (Å²) in [6, 6.07) is 5.86. The van der Waals surface area contributed by atoms with Crippen molar-refractivity contribution in [3.05, 3.63) is 53.6 Å². The number of hydrogen-bond donors (Lipinski definition) is 1. The van der Waals surface area contributed by atoms with Crippen LogP contribution in [0.2, 0.25) is 0 Å². The minimum absolute atomic E-state index is 0.0513. The van der Waals surface area contributed by atoms with E-state index in [0.717, 1.165) is 23.1 Å². The van der Waals surface area contributed by atoms with Crippen molar-refractivity contribution in [3.63, 3.8) is 0 Å². The highest BCUT2D eigenvalue weighted by Gasteiger charge is 2.12. The Bertz CT molecular complexity index is 560. The van der Waals surface area contributed by atoms with E-state index in [9.17, 15) is 9.90 Å². The van der Waals surface area contributed by atoms with Crippen molar-refractivity contribution < 1.29 is 19.4 Å². The molecule has 0 aliphatic carbocycles. The van der Waals surface area contributed by atoms with Crippen LogP contribution in [0.1, 0.15) is 25.0 Å². The Balaban J connectivity index is 2.58. The van der Waals surface area contributed by atoms with Crippen LogP contribution in [0.25, 0.3) is 0 Å². The third-order valence-corrected chi connectivity index (χ3v) is 2.89. The van der Waals surface area contributed by atoms with Gasteiger partial charge in [-0.15, -0.1) is 0 Å². The number of aryl methyl sites for hydroxylation is 1. The van der Waals surface area contributed by atoms with Crippen LogP contribution in [0.5, 0.6) is 5.75 Å². The van der Waals surface area contributed by atoms with Gasteiger partial charge in [0.15, 0.2) is 0 Å². The Hall–Kier alpha value is -2.07. The molecular weight excluding hydrogens is 280 g/mol. The molecule has 1 N–H and O–H groups in total. The SMILES string of the molecule is C=C(C)Cc1cc(C)ccc1OCC(O)COC(=O)C(=C)C. The summed E-state index contributed by atoms with van der Waals surface area (Å²) in [6.45, 7) is 12.8. The first-order valence-corrected chi connectivity index (χ1v) is 7.17. The first-order valence-electron chi connectivity index (χ1n) is 7.17. The van der Waals surface area contributed by atoms with Gasteiger partial charge in [0.2, 0.25) is 0 Å². The van der Waals surface area contributed by atoms with Crippen LogP contribution < -0.4 is 4.74 Å². The summed E-state index contributed by atoms with van der Waals surface area (Å²) in [5, 5.41) is 9.82. The molecule has 1 rings (SSSR count). The minimum Gasteiger partial charge on any atom is -0.490 e. The van der Waals surface area contributed by atoms with Crippen LogP contribution in [0.4, 0.5) is 0 Å². The largest absolute Gasteiger partial charge is 0.490 e. The van der Waals surface area contributed by atoms with Crippen molar-refractivity contribution in [2.75, 3.05) is 13.2 Å². The molecule has 0 saturated carbocycles. The molecule has 0 aliphatic rings. The van der Waals surface area contributed by atoms with Crippen molar-refractivity contribution >= 4 is 5.97 Å². The molecule has 1 unspecified atom stereocenters. The predicted molar refractivity (Wildman–Crippen MR) is 87.0 cm³/mol. The second kappa shape index (κ2) is 8.39. The van der Waals surface area contributed by atoms with Crippen molar-refractivity contribution in [3.8, 4) is 5.75 Å². The summed E-state index contributed by atoms with van der Waals surface area (Å²) in [7, 11) is 0. The monoisotopic (exact) mass is 304 g/mol. The Labute approximate surface area is 132 Å². The summed E-state index contributed by atoms with van der Waals surface area (Å²) < 4.78 is 10.5. The zero-order valence-electron chi connectivity index (χ0n) is 13.5. The van der Waals surface area contributed by atoms with Gasteiger partial charge in [0.1, 0.15) is 25.1 Å². The van der Waals surface area contributed by atoms with Gasteiger partial charge in [0.05, 0.1) is 0 Å². The van der Waals surface area contributed by atoms with Gasteiger partial charge in [-0.1, -0.05) is 36.4 Å². The number of aliphatic hydroxyl groups is 1. The summed E-state index contributed by atoms with van der Waals surface area (Å²) in [4.78, 5) is 11.3. The smallest absolute Gasteiger partial charge is 0.333 e. The molecule has 22 heavy (non-hydrogen) atoms. The highest BCUT2D eigenvalue weighted by atomic mass is 16.5. The molecule has 1 aromatic carbocycles. The van der Waals surface area contributed by atoms with Gasteiger partial charge in [0.25, 0.3) is 0 Å². The lowest BCUT2D eigenvalue weighted by molar-refractivity contribution is -0.142. The standard InChI is InChI=1S/C18H24O4/c1-12(2)8-15-9-14(5)6-7-17(15)21-10-16(19)11-22-18(20)13(3)4/h6-7,9,16,19H,1,3,8,10-11H2,2,4-5H3. The average Bonchev–Trinajstić information content (AvgIpc) is 2.43. The number of allylic oxidation sites excluding steroid dienone is 1. The third-order valence-electron chi connectivity index (χ3n) is 2.89. The maximum atomic E-state index is 11.3. The number of aliphatic hydroxyl groups excluding tert-OH is 1. The van der Waals surface area contributed by atoms with Crippen molar-refractivity contribution in [2.45, 2.75) is 33.3 Å². The molecule has 0 radical (unpaired) electrons. The van der Waals surface area contributed by atoms with E-state index >= 15 is 0 Å². The lowest BCUT2D eigenvalue weighted by atomic mass is 10.0. The minimum atomic E-state index is -0.887. The Morgan fingerprint density at radius 3 is 2.55 bits per heavy atom. The third kappa shape index (κ3) is 6.14. The number of hydrogen-bond acceptors (Lipinski definition) is 4. The highest BCUT2D eigenvalue weighted by molar-refractivity contribution is 5.86. The average molecular weight is 304 g/mol. The molecule has 0 heterocycles. The molecular formula is C18H24O4. The second-order valence-corrected chi connectivity index (χ2v) is 5.59. The van der Waals surface area contributed by atoms with E-state index in [4.69, 9.17) is 9.47 Å². The topological polar surface area (TPSA) is 55.8 Å². The molecule has 4 heteroatoms. The van der Waals surface area contributed by atoms with Crippen LogP contribution >= 0.6 is 0 Å². The molecule has 1 aromatic rings. The molecule has 0 aromatic heterocycles. The van der Waals surface area contributed by atoms with E-state index in [1.165, 1.54) is 0 Å². The summed E-state index contributed by atoms with van der Waals surface area (Å²) in [5.74, 6) is 0.191. The van der Waals surface area contributed by atoms with Crippen molar-refractivity contribution in [1.29, 1.82) is 0 Å². The number of rotatable bonds is 8. The van der Waals surface area contributed by atoms with Gasteiger partial charge >= 0.3 is 5.97 Å². The van der Waals surface area contributed by atoms with Gasteiger partial charge in [-0.25, -0.2) is 4.79 Å². The predicted octanol–water partition coefficient (Wildman–Crippen LogP) is 2.97. The quantitative estimate of drug-likeness (QED) is 0.456. The molecule has 0 fully saturated rings. The van der Waals surface area contributed by atoms with E-state index in [2.05, 4.69) is 13.2 Å². The van der Waals surface area contributed by atoms with Gasteiger partial charge in [-0.3, -0.25) is 0 Å². The summed E-state index contributed by atoms with van der Waals surface area (Å²) in [5.41, 5.74) is 3.50. The number of ether oxygens (including phenoxy) is 2. The summed E-state index contributed by atoms with van der Waals surface area (Å²) in [6.07, 6.45) is -0.167. The van der Waals surface area contributed by atoms with E-state index in [1.54, 1.807) is 6.92 Å². The van der Waals surface area contributed by atoms with Crippen LogP contribution in [-0.2, 0) is 16.0 Å². The van der Waals surface area contributed by atoms with Crippen LogP contribution in [0.3, 0.4) is 0 Å². The lowest BCUT2D eigenvalue weighted by Gasteiger charge is -2.16. The second-order valence-electron chi connectivity index (χ2n) is 5.59. The van der Waals surface area contributed by atoms with E-state index in [1.807, 2.05) is 32.0 Å². The Morgan fingerprint density at radius 2 is 1.95 bits per heavy atom. The maximum Gasteiger partial charge on any atom is 0.333 e. The zero-order chi connectivity index (χ0) is 16.7. The van der Waals surface area contributed by atoms with E-state index in [-0.39, 0.29) is 13.2 Å². The summed E-state index contributed by atoms with van der Waals surface area (Å²) >= 11 is 0. The molecule has 0 spiro atoms. The number of esters is 1. The molecule has 0 bridgehead atoms. The molecule has 1 atom stereocenters.